The van der Waals surface area contributed by atoms with Gasteiger partial charge >= 0.3 is 6.03 Å². The molecule has 0 aromatic heterocycles. The zero-order chi connectivity index (χ0) is 25.2. The molecule has 1 saturated carbocycles. The molecule has 2 fully saturated rings. The van der Waals surface area contributed by atoms with Crippen molar-refractivity contribution < 1.29 is 14.3 Å². The standard InChI is InChI=1S/C29H40N4O3/c1-2-36-20-18-30-29(35)32-26-16-9-7-14-24(26)28(34)33-19-10-17-27(33)23-13-6-8-15-25(23)31-21-22-11-4-3-5-12-22/h3-6,8,11-13,15,24,26-27,31H,2,7,9-10,14,16-21H2,1H3,(H2,30,32,35)/t24-,26+,27+/m0/s1. The first-order chi connectivity index (χ1) is 17.7. The van der Waals surface area contributed by atoms with Gasteiger partial charge in [-0.15, -0.1) is 0 Å². The minimum absolute atomic E-state index is 0.0552. The predicted octanol–water partition coefficient (Wildman–Crippen LogP) is 4.86. The third kappa shape index (κ3) is 6.78. The van der Waals surface area contributed by atoms with E-state index in [2.05, 4.69) is 51.2 Å². The van der Waals surface area contributed by atoms with E-state index in [0.717, 1.165) is 57.3 Å². The van der Waals surface area contributed by atoms with Crippen LogP contribution in [0.4, 0.5) is 10.5 Å². The second-order valence-electron chi connectivity index (χ2n) is 9.71. The van der Waals surface area contributed by atoms with Crippen molar-refractivity contribution in [3.05, 3.63) is 65.7 Å². The molecule has 1 heterocycles. The van der Waals surface area contributed by atoms with Gasteiger partial charge < -0.3 is 25.6 Å². The molecule has 7 heteroatoms. The highest BCUT2D eigenvalue weighted by Gasteiger charge is 2.39. The van der Waals surface area contributed by atoms with E-state index in [-0.39, 0.29) is 29.9 Å². The van der Waals surface area contributed by atoms with Gasteiger partial charge in [0.2, 0.25) is 5.91 Å². The zero-order valence-corrected chi connectivity index (χ0v) is 21.4. The van der Waals surface area contributed by atoms with Gasteiger partial charge in [-0.25, -0.2) is 4.79 Å². The van der Waals surface area contributed by atoms with Gasteiger partial charge in [-0.3, -0.25) is 4.79 Å². The molecule has 1 aliphatic heterocycles. The monoisotopic (exact) mass is 492 g/mol. The van der Waals surface area contributed by atoms with Crippen LogP contribution in [0.3, 0.4) is 0 Å². The first kappa shape index (κ1) is 26.0. The SMILES string of the molecule is CCOCCNC(=O)N[C@@H]1CCCC[C@@H]1C(=O)N1CCC[C@@H]1c1ccccc1NCc1ccccc1. The lowest BCUT2D eigenvalue weighted by Crippen LogP contribution is -2.52. The Balaban J connectivity index is 1.42. The van der Waals surface area contributed by atoms with Gasteiger partial charge in [0, 0.05) is 38.0 Å². The summed E-state index contributed by atoms with van der Waals surface area (Å²) in [5, 5.41) is 9.54. The number of hydrogen-bond donors (Lipinski definition) is 3. The number of nitrogens with zero attached hydrogens (tertiary/aromatic N) is 1. The molecule has 0 unspecified atom stereocenters. The maximum absolute atomic E-state index is 13.9. The average molecular weight is 493 g/mol. The molecule has 1 aliphatic carbocycles. The van der Waals surface area contributed by atoms with Gasteiger partial charge in [0.05, 0.1) is 18.6 Å². The highest BCUT2D eigenvalue weighted by Crippen LogP contribution is 2.38. The summed E-state index contributed by atoms with van der Waals surface area (Å²) in [6.07, 6.45) is 5.66. The van der Waals surface area contributed by atoms with Crippen molar-refractivity contribution in [2.45, 2.75) is 64.1 Å². The Morgan fingerprint density at radius 3 is 2.58 bits per heavy atom. The molecule has 3 atom stereocenters. The largest absolute Gasteiger partial charge is 0.381 e. The summed E-state index contributed by atoms with van der Waals surface area (Å²) in [4.78, 5) is 28.4. The van der Waals surface area contributed by atoms with Crippen molar-refractivity contribution in [2.24, 2.45) is 5.92 Å². The second kappa shape index (κ2) is 13.3. The molecule has 3 N–H and O–H groups in total. The van der Waals surface area contributed by atoms with Gasteiger partial charge in [-0.05, 0) is 49.8 Å². The summed E-state index contributed by atoms with van der Waals surface area (Å²) in [5.74, 6) is -0.00360. The van der Waals surface area contributed by atoms with Crippen LogP contribution in [0.2, 0.25) is 0 Å². The number of carbonyl (C=O) groups excluding carboxylic acids is 2. The molecule has 3 amide bonds. The number of urea groups is 1. The number of para-hydroxylation sites is 1. The Hall–Kier alpha value is -3.06. The molecule has 0 spiro atoms. The topological polar surface area (TPSA) is 82.7 Å². The Morgan fingerprint density at radius 1 is 0.972 bits per heavy atom. The summed E-state index contributed by atoms with van der Waals surface area (Å²) in [7, 11) is 0. The molecule has 4 rings (SSSR count). The lowest BCUT2D eigenvalue weighted by atomic mass is 9.83. The molecule has 194 valence electrons. The molecule has 2 aromatic carbocycles. The van der Waals surface area contributed by atoms with Crippen molar-refractivity contribution in [2.75, 3.05) is 31.6 Å². The maximum Gasteiger partial charge on any atom is 0.315 e. The van der Waals surface area contributed by atoms with Gasteiger partial charge in [0.15, 0.2) is 0 Å². The van der Waals surface area contributed by atoms with E-state index in [1.54, 1.807) is 0 Å². The van der Waals surface area contributed by atoms with Crippen LogP contribution in [0.25, 0.3) is 0 Å². The molecule has 2 aliphatic rings. The van der Waals surface area contributed by atoms with Gasteiger partial charge in [0.1, 0.15) is 0 Å². The normalized spacial score (nSPS) is 21.7. The van der Waals surface area contributed by atoms with E-state index in [0.29, 0.717) is 19.8 Å². The van der Waals surface area contributed by atoms with E-state index in [1.165, 1.54) is 11.1 Å². The second-order valence-corrected chi connectivity index (χ2v) is 9.71. The summed E-state index contributed by atoms with van der Waals surface area (Å²) in [6.45, 7) is 5.02. The summed E-state index contributed by atoms with van der Waals surface area (Å²) >= 11 is 0. The van der Waals surface area contributed by atoms with Crippen LogP contribution in [-0.4, -0.2) is 49.2 Å². The van der Waals surface area contributed by atoms with Crippen LogP contribution in [-0.2, 0) is 16.1 Å². The molecule has 2 aromatic rings. The minimum atomic E-state index is -0.215. The quantitative estimate of drug-likeness (QED) is 0.414. The van der Waals surface area contributed by atoms with Crippen LogP contribution < -0.4 is 16.0 Å². The summed E-state index contributed by atoms with van der Waals surface area (Å²) < 4.78 is 5.30. The summed E-state index contributed by atoms with van der Waals surface area (Å²) in [6, 6.07) is 18.4. The third-order valence-electron chi connectivity index (χ3n) is 7.32. The summed E-state index contributed by atoms with van der Waals surface area (Å²) in [5.41, 5.74) is 3.48. The number of benzene rings is 2. The van der Waals surface area contributed by atoms with Crippen molar-refractivity contribution >= 4 is 17.6 Å². The highest BCUT2D eigenvalue weighted by molar-refractivity contribution is 5.82. The number of anilines is 1. The number of amides is 3. The average Bonchev–Trinajstić information content (AvgIpc) is 3.40. The Morgan fingerprint density at radius 2 is 1.75 bits per heavy atom. The molecular formula is C29H40N4O3. The van der Waals surface area contributed by atoms with Gasteiger partial charge in [0.25, 0.3) is 0 Å². The molecule has 0 radical (unpaired) electrons. The molecule has 1 saturated heterocycles. The van der Waals surface area contributed by atoms with Crippen LogP contribution in [0, 0.1) is 5.92 Å². The minimum Gasteiger partial charge on any atom is -0.381 e. The van der Waals surface area contributed by atoms with E-state index in [1.807, 2.05) is 31.2 Å². The zero-order valence-electron chi connectivity index (χ0n) is 21.4. The molecule has 36 heavy (non-hydrogen) atoms. The Kier molecular flexibility index (Phi) is 9.61. The van der Waals surface area contributed by atoms with Crippen molar-refractivity contribution in [1.82, 2.24) is 15.5 Å². The third-order valence-corrected chi connectivity index (χ3v) is 7.32. The Labute approximate surface area is 215 Å². The van der Waals surface area contributed by atoms with Crippen molar-refractivity contribution in [1.29, 1.82) is 0 Å². The van der Waals surface area contributed by atoms with Crippen molar-refractivity contribution in [3.8, 4) is 0 Å². The molecular weight excluding hydrogens is 452 g/mol. The first-order valence-corrected chi connectivity index (χ1v) is 13.5. The first-order valence-electron chi connectivity index (χ1n) is 13.5. The molecule has 0 bridgehead atoms. The number of nitrogens with one attached hydrogen (secondary N) is 3. The smallest absolute Gasteiger partial charge is 0.315 e. The lowest BCUT2D eigenvalue weighted by molar-refractivity contribution is -0.138. The van der Waals surface area contributed by atoms with E-state index < -0.39 is 0 Å². The predicted molar refractivity (Wildman–Crippen MR) is 143 cm³/mol. The number of hydrogen-bond acceptors (Lipinski definition) is 4. The fourth-order valence-corrected chi connectivity index (χ4v) is 5.51. The van der Waals surface area contributed by atoms with Crippen LogP contribution >= 0.6 is 0 Å². The van der Waals surface area contributed by atoms with E-state index in [9.17, 15) is 9.59 Å². The number of carbonyl (C=O) groups is 2. The van der Waals surface area contributed by atoms with Crippen LogP contribution in [0.15, 0.2) is 54.6 Å². The van der Waals surface area contributed by atoms with Crippen molar-refractivity contribution in [3.63, 3.8) is 0 Å². The van der Waals surface area contributed by atoms with E-state index >= 15 is 0 Å². The van der Waals surface area contributed by atoms with Gasteiger partial charge in [-0.2, -0.15) is 0 Å². The fraction of sp³-hybridized carbons (Fsp3) is 0.517. The number of likely N-dealkylation sites (tertiary alicyclic amines) is 1. The van der Waals surface area contributed by atoms with Crippen LogP contribution in [0.5, 0.6) is 0 Å². The Bertz CT molecular complexity index is 983. The highest BCUT2D eigenvalue weighted by atomic mass is 16.5. The lowest BCUT2D eigenvalue weighted by Gasteiger charge is -2.36. The fourth-order valence-electron chi connectivity index (χ4n) is 5.51. The van der Waals surface area contributed by atoms with Crippen LogP contribution in [0.1, 0.15) is 62.6 Å². The van der Waals surface area contributed by atoms with Gasteiger partial charge in [-0.1, -0.05) is 61.4 Å². The molecule has 7 nitrogen and oxygen atoms in total. The van der Waals surface area contributed by atoms with E-state index in [4.69, 9.17) is 4.74 Å². The number of rotatable bonds is 10. The number of ether oxygens (including phenoxy) is 1. The maximum atomic E-state index is 13.9.